The van der Waals surface area contributed by atoms with Gasteiger partial charge in [-0.2, -0.15) is 0 Å². The highest BCUT2D eigenvalue weighted by atomic mass is 127. The molecule has 0 unspecified atom stereocenters. The van der Waals surface area contributed by atoms with Gasteiger partial charge in [-0.25, -0.2) is 9.13 Å². The number of aromatic nitrogens is 2. The van der Waals surface area contributed by atoms with Crippen LogP contribution < -0.4 is 28.5 Å². The van der Waals surface area contributed by atoms with Crippen LogP contribution in [0.2, 0.25) is 0 Å². The second-order valence-corrected chi connectivity index (χ2v) is 3.34. The minimum atomic E-state index is 0. The second-order valence-electron chi connectivity index (χ2n) is 2.37. The lowest BCUT2D eigenvalue weighted by Crippen LogP contribution is -3.00. The maximum Gasteiger partial charge on any atom is 0.317 e. The summed E-state index contributed by atoms with van der Waals surface area (Å²) in [5.74, 6) is 0. The Kier molecular flexibility index (Phi) is 5.66. The van der Waals surface area contributed by atoms with Gasteiger partial charge in [0, 0.05) is 0 Å². The van der Waals surface area contributed by atoms with E-state index in [1.807, 2.05) is 0 Å². The quantitative estimate of drug-likeness (QED) is 0.430. The van der Waals surface area contributed by atoms with E-state index in [1.54, 1.807) is 0 Å². The van der Waals surface area contributed by atoms with Gasteiger partial charge in [0.15, 0.2) is 0 Å². The third-order valence-electron chi connectivity index (χ3n) is 1.46. The number of rotatable bonds is 2. The van der Waals surface area contributed by atoms with Crippen molar-refractivity contribution < 1.29 is 28.5 Å². The Morgan fingerprint density at radius 2 is 2.27 bits per heavy atom. The SMILES string of the molecule is CCCn1cc[n+](C)c1I.[I-]. The molecule has 64 valence electrons. The summed E-state index contributed by atoms with van der Waals surface area (Å²) in [5, 5.41) is 0. The van der Waals surface area contributed by atoms with Crippen LogP contribution in [0, 0.1) is 3.83 Å². The van der Waals surface area contributed by atoms with Crippen molar-refractivity contribution in [1.29, 1.82) is 0 Å². The van der Waals surface area contributed by atoms with Gasteiger partial charge in [0.2, 0.25) is 0 Å². The fourth-order valence-electron chi connectivity index (χ4n) is 0.914. The minimum Gasteiger partial charge on any atom is -1.00 e. The molecule has 0 spiro atoms. The fraction of sp³-hybridized carbons (Fsp3) is 0.571. The lowest BCUT2D eigenvalue weighted by Gasteiger charge is -1.91. The van der Waals surface area contributed by atoms with Crippen molar-refractivity contribution in [2.45, 2.75) is 19.9 Å². The number of nitrogens with zero attached hydrogens (tertiary/aromatic N) is 2. The highest BCUT2D eigenvalue weighted by molar-refractivity contribution is 14.1. The average Bonchev–Trinajstić information content (AvgIpc) is 2.20. The molecule has 0 radical (unpaired) electrons. The smallest absolute Gasteiger partial charge is 0.317 e. The maximum atomic E-state index is 2.35. The van der Waals surface area contributed by atoms with Crippen molar-refractivity contribution in [3.05, 3.63) is 16.2 Å². The third kappa shape index (κ3) is 2.89. The first kappa shape index (κ1) is 11.7. The van der Waals surface area contributed by atoms with Gasteiger partial charge < -0.3 is 24.0 Å². The van der Waals surface area contributed by atoms with Crippen molar-refractivity contribution in [2.24, 2.45) is 7.05 Å². The van der Waals surface area contributed by atoms with Gasteiger partial charge in [0.1, 0.15) is 12.4 Å². The Morgan fingerprint density at radius 1 is 1.64 bits per heavy atom. The summed E-state index contributed by atoms with van der Waals surface area (Å²) in [5.41, 5.74) is 0. The number of aryl methyl sites for hydroxylation is 2. The molecular formula is C7H12I2N2. The number of hydrogen-bond donors (Lipinski definition) is 0. The Morgan fingerprint density at radius 3 is 2.64 bits per heavy atom. The number of imidazole rings is 1. The molecule has 0 aromatic carbocycles. The molecule has 0 saturated heterocycles. The van der Waals surface area contributed by atoms with Gasteiger partial charge in [-0.05, 0) is 6.42 Å². The molecule has 11 heavy (non-hydrogen) atoms. The van der Waals surface area contributed by atoms with Crippen LogP contribution in [-0.4, -0.2) is 4.57 Å². The van der Waals surface area contributed by atoms with Crippen molar-refractivity contribution >= 4 is 22.6 Å². The minimum absolute atomic E-state index is 0. The Labute approximate surface area is 98.1 Å². The van der Waals surface area contributed by atoms with Gasteiger partial charge in [-0.15, -0.1) is 0 Å². The topological polar surface area (TPSA) is 8.81 Å². The van der Waals surface area contributed by atoms with E-state index in [1.165, 1.54) is 10.3 Å². The molecule has 0 N–H and O–H groups in total. The molecule has 2 nitrogen and oxygen atoms in total. The first-order valence-electron chi connectivity index (χ1n) is 3.46. The standard InChI is InChI=1S/C7H12IN2.HI/c1-3-4-10-6-5-9(2)7(10)8;/h5-6H,3-4H2,1-2H3;1H/q+1;/p-1. The van der Waals surface area contributed by atoms with Crippen LogP contribution in [0.5, 0.6) is 0 Å². The largest absolute Gasteiger partial charge is 1.00 e. The zero-order chi connectivity index (χ0) is 7.56. The van der Waals surface area contributed by atoms with Crippen molar-refractivity contribution in [3.8, 4) is 0 Å². The van der Waals surface area contributed by atoms with Crippen LogP contribution in [0.4, 0.5) is 0 Å². The molecule has 0 aliphatic rings. The van der Waals surface area contributed by atoms with Crippen molar-refractivity contribution in [1.82, 2.24) is 4.57 Å². The first-order chi connectivity index (χ1) is 4.75. The zero-order valence-electron chi connectivity index (χ0n) is 6.72. The summed E-state index contributed by atoms with van der Waals surface area (Å²) in [7, 11) is 2.06. The Balaban J connectivity index is 0.000001000. The number of halogens is 2. The summed E-state index contributed by atoms with van der Waals surface area (Å²) in [6.45, 7) is 3.31. The van der Waals surface area contributed by atoms with Gasteiger partial charge in [-0.1, -0.05) is 6.92 Å². The molecule has 1 rings (SSSR count). The molecule has 0 bridgehead atoms. The normalized spacial score (nSPS) is 9.36. The Hall–Kier alpha value is 0.670. The molecule has 0 atom stereocenters. The highest BCUT2D eigenvalue weighted by Gasteiger charge is 2.07. The highest BCUT2D eigenvalue weighted by Crippen LogP contribution is 1.99. The van der Waals surface area contributed by atoms with E-state index in [0.29, 0.717) is 0 Å². The van der Waals surface area contributed by atoms with Gasteiger partial charge in [0.05, 0.1) is 36.2 Å². The van der Waals surface area contributed by atoms with Gasteiger partial charge >= 0.3 is 3.83 Å². The van der Waals surface area contributed by atoms with E-state index < -0.39 is 0 Å². The summed E-state index contributed by atoms with van der Waals surface area (Å²) < 4.78 is 5.66. The summed E-state index contributed by atoms with van der Waals surface area (Å²) >= 11 is 2.35. The van der Waals surface area contributed by atoms with Crippen molar-refractivity contribution in [2.75, 3.05) is 0 Å². The van der Waals surface area contributed by atoms with E-state index >= 15 is 0 Å². The van der Waals surface area contributed by atoms with E-state index in [4.69, 9.17) is 0 Å². The molecule has 1 heterocycles. The molecule has 0 saturated carbocycles. The molecule has 0 aliphatic heterocycles. The zero-order valence-corrected chi connectivity index (χ0v) is 11.0. The van der Waals surface area contributed by atoms with Crippen LogP contribution in [0.1, 0.15) is 13.3 Å². The monoisotopic (exact) mass is 378 g/mol. The van der Waals surface area contributed by atoms with Crippen molar-refractivity contribution in [3.63, 3.8) is 0 Å². The average molecular weight is 378 g/mol. The van der Waals surface area contributed by atoms with E-state index in [0.717, 1.165) is 6.54 Å². The van der Waals surface area contributed by atoms with E-state index in [9.17, 15) is 0 Å². The fourth-order valence-corrected chi connectivity index (χ4v) is 1.48. The number of hydrogen-bond acceptors (Lipinski definition) is 0. The Bertz CT molecular complexity index is 220. The summed E-state index contributed by atoms with van der Waals surface area (Å²) in [6.07, 6.45) is 5.40. The van der Waals surface area contributed by atoms with Crippen LogP contribution >= 0.6 is 22.6 Å². The lowest BCUT2D eigenvalue weighted by atomic mass is 10.5. The molecule has 0 aliphatic carbocycles. The summed E-state index contributed by atoms with van der Waals surface area (Å²) in [4.78, 5) is 0. The van der Waals surface area contributed by atoms with E-state index in [-0.39, 0.29) is 24.0 Å². The van der Waals surface area contributed by atoms with Crippen LogP contribution in [-0.2, 0) is 13.6 Å². The lowest BCUT2D eigenvalue weighted by molar-refractivity contribution is -0.684. The first-order valence-corrected chi connectivity index (χ1v) is 4.54. The van der Waals surface area contributed by atoms with Crippen LogP contribution in [0.25, 0.3) is 0 Å². The molecule has 0 amide bonds. The van der Waals surface area contributed by atoms with Crippen LogP contribution in [0.15, 0.2) is 12.4 Å². The predicted molar refractivity (Wildman–Crippen MR) is 48.6 cm³/mol. The maximum absolute atomic E-state index is 2.35. The van der Waals surface area contributed by atoms with Gasteiger partial charge in [0.25, 0.3) is 0 Å². The molecule has 1 aromatic heterocycles. The third-order valence-corrected chi connectivity index (χ3v) is 2.84. The predicted octanol–water partition coefficient (Wildman–Crippen LogP) is -1.67. The van der Waals surface area contributed by atoms with Gasteiger partial charge in [-0.3, -0.25) is 0 Å². The second kappa shape index (κ2) is 5.34. The summed E-state index contributed by atoms with van der Waals surface area (Å²) in [6, 6.07) is 0. The van der Waals surface area contributed by atoms with E-state index in [2.05, 4.69) is 58.1 Å². The molecule has 1 aromatic rings. The van der Waals surface area contributed by atoms with Crippen LogP contribution in [0.3, 0.4) is 0 Å². The molecule has 0 fully saturated rings. The molecular weight excluding hydrogens is 366 g/mol. The molecule has 4 heteroatoms.